The third kappa shape index (κ3) is 3.06. The van der Waals surface area contributed by atoms with Gasteiger partial charge in [0.25, 0.3) is 0 Å². The van der Waals surface area contributed by atoms with Crippen molar-refractivity contribution in [3.05, 3.63) is 41.2 Å². The van der Waals surface area contributed by atoms with E-state index < -0.39 is 0 Å². The highest BCUT2D eigenvalue weighted by Gasteiger charge is 2.09. The van der Waals surface area contributed by atoms with Crippen LogP contribution in [0.4, 0.5) is 4.39 Å². The van der Waals surface area contributed by atoms with Crippen LogP contribution in [0.2, 0.25) is 0 Å². The van der Waals surface area contributed by atoms with E-state index in [4.69, 9.17) is 4.74 Å². The van der Waals surface area contributed by atoms with Crippen LogP contribution in [0.15, 0.2) is 18.2 Å². The first-order valence-electron chi connectivity index (χ1n) is 5.85. The molecule has 0 aliphatic heterocycles. The van der Waals surface area contributed by atoms with Crippen molar-refractivity contribution in [1.82, 2.24) is 15.2 Å². The SMILES string of the molecule is Cc1nnc(C[C@H](C)Oc2ccc(C)c(F)c2)[nH]1. The van der Waals surface area contributed by atoms with Crippen LogP contribution in [0, 0.1) is 19.7 Å². The Balaban J connectivity index is 1.98. The first kappa shape index (κ1) is 12.5. The third-order valence-electron chi connectivity index (χ3n) is 2.61. The number of ether oxygens (including phenoxy) is 1. The molecule has 0 aliphatic rings. The van der Waals surface area contributed by atoms with Gasteiger partial charge in [-0.1, -0.05) is 6.07 Å². The second-order valence-electron chi connectivity index (χ2n) is 4.40. The van der Waals surface area contributed by atoms with Crippen molar-refractivity contribution in [2.45, 2.75) is 33.3 Å². The minimum Gasteiger partial charge on any atom is -0.490 e. The summed E-state index contributed by atoms with van der Waals surface area (Å²) in [7, 11) is 0. The molecule has 0 saturated heterocycles. The molecule has 1 atom stereocenters. The Labute approximate surface area is 105 Å². The molecule has 0 amide bonds. The zero-order chi connectivity index (χ0) is 13.1. The molecule has 2 rings (SSSR count). The molecule has 1 heterocycles. The molecule has 96 valence electrons. The van der Waals surface area contributed by atoms with Gasteiger partial charge in [-0.15, -0.1) is 10.2 Å². The van der Waals surface area contributed by atoms with Gasteiger partial charge in [-0.25, -0.2) is 4.39 Å². The van der Waals surface area contributed by atoms with Crippen LogP contribution in [-0.4, -0.2) is 21.3 Å². The number of hydrogen-bond donors (Lipinski definition) is 1. The van der Waals surface area contributed by atoms with E-state index in [0.717, 1.165) is 11.6 Å². The molecule has 4 nitrogen and oxygen atoms in total. The molecule has 1 N–H and O–H groups in total. The van der Waals surface area contributed by atoms with E-state index in [1.807, 2.05) is 13.8 Å². The molecule has 0 radical (unpaired) electrons. The van der Waals surface area contributed by atoms with Crippen molar-refractivity contribution in [1.29, 1.82) is 0 Å². The molecule has 0 spiro atoms. The highest BCUT2D eigenvalue weighted by molar-refractivity contribution is 5.28. The molecule has 0 aliphatic carbocycles. The first-order chi connectivity index (χ1) is 8.54. The van der Waals surface area contributed by atoms with Crippen LogP contribution in [0.5, 0.6) is 5.75 Å². The van der Waals surface area contributed by atoms with E-state index in [2.05, 4.69) is 15.2 Å². The van der Waals surface area contributed by atoms with Gasteiger partial charge < -0.3 is 9.72 Å². The largest absolute Gasteiger partial charge is 0.490 e. The summed E-state index contributed by atoms with van der Waals surface area (Å²) in [5, 5.41) is 7.85. The molecule has 1 aromatic carbocycles. The Kier molecular flexibility index (Phi) is 3.60. The maximum absolute atomic E-state index is 13.4. The maximum Gasteiger partial charge on any atom is 0.134 e. The average Bonchev–Trinajstić information content (AvgIpc) is 2.69. The van der Waals surface area contributed by atoms with Crippen molar-refractivity contribution in [3.63, 3.8) is 0 Å². The Morgan fingerprint density at radius 2 is 2.11 bits per heavy atom. The summed E-state index contributed by atoms with van der Waals surface area (Å²) in [4.78, 5) is 3.04. The Hall–Kier alpha value is -1.91. The normalized spacial score (nSPS) is 12.4. The van der Waals surface area contributed by atoms with Gasteiger partial charge in [0.2, 0.25) is 0 Å². The number of hydrogen-bond acceptors (Lipinski definition) is 3. The maximum atomic E-state index is 13.4. The van der Waals surface area contributed by atoms with Crippen LogP contribution >= 0.6 is 0 Å². The van der Waals surface area contributed by atoms with E-state index in [9.17, 15) is 4.39 Å². The smallest absolute Gasteiger partial charge is 0.134 e. The van der Waals surface area contributed by atoms with Gasteiger partial charge in [0.1, 0.15) is 29.3 Å². The van der Waals surface area contributed by atoms with E-state index in [0.29, 0.717) is 17.7 Å². The van der Waals surface area contributed by atoms with Gasteiger partial charge in [-0.3, -0.25) is 0 Å². The zero-order valence-electron chi connectivity index (χ0n) is 10.7. The fraction of sp³-hybridized carbons (Fsp3) is 0.385. The minimum absolute atomic E-state index is 0.0977. The summed E-state index contributed by atoms with van der Waals surface area (Å²) in [5.74, 6) is 1.82. The summed E-state index contributed by atoms with van der Waals surface area (Å²) in [6.07, 6.45) is 0.510. The molecule has 0 saturated carbocycles. The molecule has 5 heteroatoms. The summed E-state index contributed by atoms with van der Waals surface area (Å²) in [6.45, 7) is 5.48. The number of benzene rings is 1. The predicted molar refractivity (Wildman–Crippen MR) is 66.1 cm³/mol. The second-order valence-corrected chi connectivity index (χ2v) is 4.40. The van der Waals surface area contributed by atoms with E-state index in [-0.39, 0.29) is 11.9 Å². The summed E-state index contributed by atoms with van der Waals surface area (Å²) in [5.41, 5.74) is 0.612. The van der Waals surface area contributed by atoms with Crippen molar-refractivity contribution < 1.29 is 9.13 Å². The number of aryl methyl sites for hydroxylation is 2. The van der Waals surface area contributed by atoms with Crippen molar-refractivity contribution in [3.8, 4) is 5.75 Å². The standard InChI is InChI=1S/C13H16FN3O/c1-8-4-5-11(7-12(8)14)18-9(2)6-13-15-10(3)16-17-13/h4-5,7,9H,6H2,1-3H3,(H,15,16,17)/t9-/m0/s1. The molecular formula is C13H16FN3O. The van der Waals surface area contributed by atoms with Crippen LogP contribution < -0.4 is 4.74 Å². The summed E-state index contributed by atoms with van der Waals surface area (Å²) >= 11 is 0. The topological polar surface area (TPSA) is 50.8 Å². The van der Waals surface area contributed by atoms with Crippen LogP contribution in [0.25, 0.3) is 0 Å². The number of nitrogens with one attached hydrogen (secondary N) is 1. The second kappa shape index (κ2) is 5.16. The van der Waals surface area contributed by atoms with Crippen LogP contribution in [0.3, 0.4) is 0 Å². The number of nitrogens with zero attached hydrogens (tertiary/aromatic N) is 2. The Morgan fingerprint density at radius 3 is 2.72 bits per heavy atom. The zero-order valence-corrected chi connectivity index (χ0v) is 10.7. The van der Waals surface area contributed by atoms with Crippen LogP contribution in [-0.2, 0) is 6.42 Å². The first-order valence-corrected chi connectivity index (χ1v) is 5.85. The fourth-order valence-electron chi connectivity index (χ4n) is 1.68. The number of rotatable bonds is 4. The predicted octanol–water partition coefficient (Wildman–Crippen LogP) is 2.57. The van der Waals surface area contributed by atoms with E-state index >= 15 is 0 Å². The lowest BCUT2D eigenvalue weighted by atomic mass is 10.2. The lowest BCUT2D eigenvalue weighted by Crippen LogP contribution is -2.16. The van der Waals surface area contributed by atoms with Crippen LogP contribution in [0.1, 0.15) is 24.1 Å². The fourth-order valence-corrected chi connectivity index (χ4v) is 1.68. The van der Waals surface area contributed by atoms with Crippen molar-refractivity contribution in [2.75, 3.05) is 0 Å². The van der Waals surface area contributed by atoms with E-state index in [1.54, 1.807) is 19.1 Å². The minimum atomic E-state index is -0.254. The lowest BCUT2D eigenvalue weighted by molar-refractivity contribution is 0.218. The monoisotopic (exact) mass is 249 g/mol. The number of halogens is 1. The number of aromatic amines is 1. The van der Waals surface area contributed by atoms with Gasteiger partial charge in [-0.2, -0.15) is 0 Å². The third-order valence-corrected chi connectivity index (χ3v) is 2.61. The van der Waals surface area contributed by atoms with Gasteiger partial charge in [0, 0.05) is 12.5 Å². The Morgan fingerprint density at radius 1 is 1.33 bits per heavy atom. The molecule has 18 heavy (non-hydrogen) atoms. The molecule has 0 fully saturated rings. The van der Waals surface area contributed by atoms with Crippen molar-refractivity contribution >= 4 is 0 Å². The quantitative estimate of drug-likeness (QED) is 0.906. The van der Waals surface area contributed by atoms with Crippen molar-refractivity contribution in [2.24, 2.45) is 0 Å². The lowest BCUT2D eigenvalue weighted by Gasteiger charge is -2.13. The molecule has 0 unspecified atom stereocenters. The molecule has 0 bridgehead atoms. The average molecular weight is 249 g/mol. The van der Waals surface area contributed by atoms with Gasteiger partial charge in [0.15, 0.2) is 0 Å². The molecule has 1 aromatic heterocycles. The Bertz CT molecular complexity index is 539. The highest BCUT2D eigenvalue weighted by atomic mass is 19.1. The van der Waals surface area contributed by atoms with Gasteiger partial charge >= 0.3 is 0 Å². The molecular weight excluding hydrogens is 233 g/mol. The number of H-pyrrole nitrogens is 1. The summed E-state index contributed by atoms with van der Waals surface area (Å²) < 4.78 is 19.0. The highest BCUT2D eigenvalue weighted by Crippen LogP contribution is 2.17. The summed E-state index contributed by atoms with van der Waals surface area (Å²) in [6, 6.07) is 4.87. The van der Waals surface area contributed by atoms with E-state index in [1.165, 1.54) is 6.07 Å². The molecule has 2 aromatic rings. The van der Waals surface area contributed by atoms with Gasteiger partial charge in [-0.05, 0) is 32.4 Å². The number of aromatic nitrogens is 3. The van der Waals surface area contributed by atoms with Gasteiger partial charge in [0.05, 0.1) is 0 Å².